The molecule has 104 valence electrons. The van der Waals surface area contributed by atoms with Gasteiger partial charge in [0.1, 0.15) is 5.75 Å². The third kappa shape index (κ3) is 6.88. The van der Waals surface area contributed by atoms with Crippen molar-refractivity contribution in [3.8, 4) is 17.6 Å². The third-order valence-corrected chi connectivity index (χ3v) is 3.01. The van der Waals surface area contributed by atoms with Crippen molar-refractivity contribution in [1.29, 1.82) is 0 Å². The molecule has 0 amide bonds. The Morgan fingerprint density at radius 3 is 2.63 bits per heavy atom. The molecule has 0 saturated carbocycles. The molecule has 1 aromatic carbocycles. The summed E-state index contributed by atoms with van der Waals surface area (Å²) in [5, 5.41) is 3.43. The van der Waals surface area contributed by atoms with Gasteiger partial charge in [0.25, 0.3) is 0 Å². The van der Waals surface area contributed by atoms with E-state index in [-0.39, 0.29) is 0 Å². The van der Waals surface area contributed by atoms with Gasteiger partial charge in [-0.1, -0.05) is 19.1 Å². The molecule has 0 bridgehead atoms. The van der Waals surface area contributed by atoms with E-state index < -0.39 is 0 Å². The van der Waals surface area contributed by atoms with E-state index in [0.29, 0.717) is 12.6 Å². The lowest BCUT2D eigenvalue weighted by atomic mass is 10.1. The molecule has 1 N–H and O–H groups in total. The highest BCUT2D eigenvalue weighted by Gasteiger charge is 2.01. The Kier molecular flexibility index (Phi) is 7.77. The van der Waals surface area contributed by atoms with Gasteiger partial charge in [-0.3, -0.25) is 0 Å². The molecular formula is C17H25NO. The van der Waals surface area contributed by atoms with Crippen molar-refractivity contribution in [2.45, 2.75) is 46.1 Å². The third-order valence-electron chi connectivity index (χ3n) is 3.01. The fourth-order valence-electron chi connectivity index (χ4n) is 1.93. The molecule has 0 fully saturated rings. The Balaban J connectivity index is 2.32. The van der Waals surface area contributed by atoms with Crippen LogP contribution in [0.2, 0.25) is 0 Å². The zero-order chi connectivity index (χ0) is 13.9. The molecule has 0 heterocycles. The predicted octanol–water partition coefficient (Wildman–Crippen LogP) is 3.41. The summed E-state index contributed by atoms with van der Waals surface area (Å²) in [6, 6.07) is 8.98. The molecule has 1 unspecified atom stereocenters. The Morgan fingerprint density at radius 2 is 2.00 bits per heavy atom. The molecule has 0 aromatic heterocycles. The molecule has 2 nitrogen and oxygen atoms in total. The fourth-order valence-corrected chi connectivity index (χ4v) is 1.93. The van der Waals surface area contributed by atoms with Gasteiger partial charge < -0.3 is 10.1 Å². The molecule has 1 rings (SSSR count). The minimum Gasteiger partial charge on any atom is -0.493 e. The van der Waals surface area contributed by atoms with E-state index in [1.807, 2.05) is 19.1 Å². The van der Waals surface area contributed by atoms with Crippen LogP contribution < -0.4 is 10.1 Å². The number of hydrogen-bond acceptors (Lipinski definition) is 2. The van der Waals surface area contributed by atoms with Crippen LogP contribution in [0.4, 0.5) is 0 Å². The molecule has 0 saturated heterocycles. The van der Waals surface area contributed by atoms with Crippen LogP contribution in [-0.2, 0) is 6.42 Å². The van der Waals surface area contributed by atoms with Crippen molar-refractivity contribution in [1.82, 2.24) is 5.32 Å². The number of benzene rings is 1. The van der Waals surface area contributed by atoms with Crippen LogP contribution in [0.5, 0.6) is 5.75 Å². The number of nitrogens with one attached hydrogen (secondary N) is 1. The second kappa shape index (κ2) is 9.47. The molecule has 0 aliphatic heterocycles. The Hall–Kier alpha value is -1.46. The second-order valence-corrected chi connectivity index (χ2v) is 4.67. The van der Waals surface area contributed by atoms with Crippen LogP contribution in [0.25, 0.3) is 0 Å². The first-order valence-corrected chi connectivity index (χ1v) is 7.11. The summed E-state index contributed by atoms with van der Waals surface area (Å²) in [7, 11) is 0. The van der Waals surface area contributed by atoms with Crippen LogP contribution in [0.15, 0.2) is 24.3 Å². The number of rotatable bonds is 8. The lowest BCUT2D eigenvalue weighted by Gasteiger charge is -2.12. The van der Waals surface area contributed by atoms with Gasteiger partial charge in [0, 0.05) is 12.5 Å². The van der Waals surface area contributed by atoms with E-state index >= 15 is 0 Å². The molecule has 2 heteroatoms. The van der Waals surface area contributed by atoms with Gasteiger partial charge >= 0.3 is 0 Å². The van der Waals surface area contributed by atoms with Crippen molar-refractivity contribution in [2.24, 2.45) is 0 Å². The minimum absolute atomic E-state index is 0.577. The van der Waals surface area contributed by atoms with E-state index in [9.17, 15) is 0 Å². The largest absolute Gasteiger partial charge is 0.493 e. The number of ether oxygens (including phenoxy) is 1. The van der Waals surface area contributed by atoms with Crippen molar-refractivity contribution in [3.05, 3.63) is 29.8 Å². The summed E-state index contributed by atoms with van der Waals surface area (Å²) < 4.78 is 5.61. The smallest absolute Gasteiger partial charge is 0.119 e. The van der Waals surface area contributed by atoms with E-state index in [0.717, 1.165) is 25.1 Å². The molecule has 19 heavy (non-hydrogen) atoms. The fraction of sp³-hybridized carbons (Fsp3) is 0.529. The number of hydrogen-bond donors (Lipinski definition) is 1. The maximum absolute atomic E-state index is 5.61. The van der Waals surface area contributed by atoms with E-state index in [2.05, 4.69) is 43.1 Å². The van der Waals surface area contributed by atoms with Gasteiger partial charge in [0.15, 0.2) is 0 Å². The van der Waals surface area contributed by atoms with Crippen LogP contribution in [-0.4, -0.2) is 19.2 Å². The number of aryl methyl sites for hydroxylation is 1. The zero-order valence-corrected chi connectivity index (χ0v) is 12.3. The van der Waals surface area contributed by atoms with Crippen molar-refractivity contribution in [3.63, 3.8) is 0 Å². The van der Waals surface area contributed by atoms with Crippen LogP contribution >= 0.6 is 0 Å². The highest BCUT2D eigenvalue weighted by Crippen LogP contribution is 2.14. The van der Waals surface area contributed by atoms with Crippen molar-refractivity contribution < 1.29 is 4.74 Å². The first-order valence-electron chi connectivity index (χ1n) is 7.11. The monoisotopic (exact) mass is 259 g/mol. The van der Waals surface area contributed by atoms with Crippen LogP contribution in [0, 0.1) is 11.8 Å². The summed E-state index contributed by atoms with van der Waals surface area (Å²) in [5.74, 6) is 6.79. The molecule has 1 atom stereocenters. The minimum atomic E-state index is 0.577. The molecule has 1 aromatic rings. The molecule has 0 spiro atoms. The van der Waals surface area contributed by atoms with Gasteiger partial charge in [-0.25, -0.2) is 0 Å². The summed E-state index contributed by atoms with van der Waals surface area (Å²) in [4.78, 5) is 0. The highest BCUT2D eigenvalue weighted by molar-refractivity contribution is 5.27. The van der Waals surface area contributed by atoms with E-state index in [4.69, 9.17) is 4.74 Å². The van der Waals surface area contributed by atoms with Gasteiger partial charge in [0.2, 0.25) is 0 Å². The maximum atomic E-state index is 5.61. The Morgan fingerprint density at radius 1 is 1.26 bits per heavy atom. The topological polar surface area (TPSA) is 21.3 Å². The van der Waals surface area contributed by atoms with Crippen LogP contribution in [0.1, 0.15) is 39.2 Å². The van der Waals surface area contributed by atoms with Gasteiger partial charge in [-0.2, -0.15) is 0 Å². The van der Waals surface area contributed by atoms with Crippen molar-refractivity contribution in [2.75, 3.05) is 13.2 Å². The van der Waals surface area contributed by atoms with Gasteiger partial charge in [-0.05, 0) is 50.9 Å². The molecule has 0 radical (unpaired) electrons. The van der Waals surface area contributed by atoms with E-state index in [1.165, 1.54) is 12.0 Å². The summed E-state index contributed by atoms with van der Waals surface area (Å²) in [5.41, 5.74) is 1.37. The normalized spacial score (nSPS) is 11.5. The van der Waals surface area contributed by atoms with Crippen molar-refractivity contribution >= 4 is 0 Å². The predicted molar refractivity (Wildman–Crippen MR) is 81.5 cm³/mol. The lowest BCUT2D eigenvalue weighted by molar-refractivity contribution is 0.327. The highest BCUT2D eigenvalue weighted by atomic mass is 16.5. The average Bonchev–Trinajstić information content (AvgIpc) is 2.43. The molecule has 0 aliphatic rings. The standard InChI is InChI=1S/C17H25NO/c1-4-6-7-14-19-17-12-10-16(11-13-17)9-8-15(3)18-5-2/h10-13,15,18H,5,7-9,14H2,1-3H3. The van der Waals surface area contributed by atoms with Gasteiger partial charge in [0.05, 0.1) is 6.61 Å². The Bertz CT molecular complexity index is 400. The molecular weight excluding hydrogens is 234 g/mol. The first-order chi connectivity index (χ1) is 9.26. The second-order valence-electron chi connectivity index (χ2n) is 4.67. The summed E-state index contributed by atoms with van der Waals surface area (Å²) in [6.07, 6.45) is 3.06. The van der Waals surface area contributed by atoms with E-state index in [1.54, 1.807) is 0 Å². The molecule has 0 aliphatic carbocycles. The quantitative estimate of drug-likeness (QED) is 0.570. The summed E-state index contributed by atoms with van der Waals surface area (Å²) >= 11 is 0. The lowest BCUT2D eigenvalue weighted by Crippen LogP contribution is -2.25. The maximum Gasteiger partial charge on any atom is 0.119 e. The SMILES string of the molecule is CC#CCCOc1ccc(CCC(C)NCC)cc1. The van der Waals surface area contributed by atoms with Crippen LogP contribution in [0.3, 0.4) is 0 Å². The Labute approximate surface area is 117 Å². The first kappa shape index (κ1) is 15.6. The average molecular weight is 259 g/mol. The zero-order valence-electron chi connectivity index (χ0n) is 12.3. The summed E-state index contributed by atoms with van der Waals surface area (Å²) in [6.45, 7) is 7.93. The van der Waals surface area contributed by atoms with Gasteiger partial charge in [-0.15, -0.1) is 11.8 Å².